The van der Waals surface area contributed by atoms with Gasteiger partial charge in [0.25, 0.3) is 0 Å². The molecule has 0 radical (unpaired) electrons. The molecule has 5 heteroatoms. The number of rotatable bonds is 39. The lowest BCUT2D eigenvalue weighted by Crippen LogP contribution is -2.35. The van der Waals surface area contributed by atoms with Gasteiger partial charge in [-0.2, -0.15) is 0 Å². The van der Waals surface area contributed by atoms with E-state index in [0.717, 1.165) is 51.6 Å². The van der Waals surface area contributed by atoms with Crippen LogP contribution in [0.25, 0.3) is 0 Å². The minimum absolute atomic E-state index is 0.164. The number of nitrogens with two attached hydrogens (primary N) is 1. The molecule has 0 saturated heterocycles. The molecule has 3 N–H and O–H groups in total. The highest BCUT2D eigenvalue weighted by atomic mass is 16.2. The predicted octanol–water partition coefficient (Wildman–Crippen LogP) is 12.2. The van der Waals surface area contributed by atoms with Crippen molar-refractivity contribution >= 4 is 11.8 Å². The lowest BCUT2D eigenvalue weighted by atomic mass is 10.0. The third-order valence-electron chi connectivity index (χ3n) is 9.91. The quantitative estimate of drug-likeness (QED) is 0.0643. The fourth-order valence-electron chi connectivity index (χ4n) is 6.69. The van der Waals surface area contributed by atoms with Gasteiger partial charge in [0.05, 0.1) is 0 Å². The Labute approximate surface area is 295 Å². The van der Waals surface area contributed by atoms with Crippen molar-refractivity contribution in [2.24, 2.45) is 5.73 Å². The zero-order valence-electron chi connectivity index (χ0n) is 32.2. The number of carbonyl (C=O) groups is 2. The number of nitrogens with one attached hydrogen (secondary N) is 1. The van der Waals surface area contributed by atoms with Crippen molar-refractivity contribution in [1.29, 1.82) is 0 Å². The fourth-order valence-corrected chi connectivity index (χ4v) is 6.69. The number of hydrogen-bond donors (Lipinski definition) is 2. The molecule has 0 aromatic rings. The maximum Gasteiger partial charge on any atom is 0.222 e. The first-order valence-corrected chi connectivity index (χ1v) is 21.4. The molecular weight excluding hydrogens is 578 g/mol. The smallest absolute Gasteiger partial charge is 0.222 e. The van der Waals surface area contributed by atoms with Gasteiger partial charge in [-0.15, -0.1) is 0 Å². The van der Waals surface area contributed by atoms with Gasteiger partial charge < -0.3 is 16.0 Å². The summed E-state index contributed by atoms with van der Waals surface area (Å²) in [5, 5.41) is 3.08. The second kappa shape index (κ2) is 39.3. The largest absolute Gasteiger partial charge is 0.356 e. The van der Waals surface area contributed by atoms with Crippen LogP contribution in [0.2, 0.25) is 0 Å². The summed E-state index contributed by atoms with van der Waals surface area (Å²) < 4.78 is 0. The van der Waals surface area contributed by atoms with Crippen LogP contribution in [0.3, 0.4) is 0 Å². The van der Waals surface area contributed by atoms with Gasteiger partial charge in [0.15, 0.2) is 0 Å². The van der Waals surface area contributed by atoms with Gasteiger partial charge in [-0.1, -0.05) is 194 Å². The van der Waals surface area contributed by atoms with Crippen LogP contribution in [0.4, 0.5) is 0 Å². The zero-order chi connectivity index (χ0) is 34.3. The van der Waals surface area contributed by atoms with Crippen molar-refractivity contribution in [3.8, 4) is 0 Å². The van der Waals surface area contributed by atoms with E-state index in [1.807, 2.05) is 4.90 Å². The number of carbonyl (C=O) groups excluding carboxylic acids is 2. The molecule has 0 aromatic heterocycles. The molecule has 280 valence electrons. The molecule has 0 aliphatic heterocycles. The first kappa shape index (κ1) is 45.9. The maximum absolute atomic E-state index is 12.9. The van der Waals surface area contributed by atoms with Gasteiger partial charge in [-0.3, -0.25) is 9.59 Å². The van der Waals surface area contributed by atoms with Crippen LogP contribution in [-0.4, -0.2) is 42.9 Å². The van der Waals surface area contributed by atoms with E-state index < -0.39 is 0 Å². The molecule has 0 fully saturated rings. The van der Waals surface area contributed by atoms with E-state index in [1.165, 1.54) is 167 Å². The molecule has 0 heterocycles. The standard InChI is InChI=1S/C42H85N3O2/c1-3-5-7-9-11-13-15-17-19-21-23-25-27-29-31-35-41(46)44-38-34-40-45(39-33-37-43)42(47)36-32-30-28-26-24-22-20-18-16-14-12-10-8-6-4-2/h3-40,43H2,1-2H3,(H,44,46). The van der Waals surface area contributed by atoms with Crippen molar-refractivity contribution in [2.45, 2.75) is 232 Å². The molecule has 0 aromatic carbocycles. The molecule has 0 spiro atoms. The van der Waals surface area contributed by atoms with Crippen LogP contribution in [0.15, 0.2) is 0 Å². The molecule has 0 bridgehead atoms. The van der Waals surface area contributed by atoms with Gasteiger partial charge in [0.2, 0.25) is 11.8 Å². The summed E-state index contributed by atoms with van der Waals surface area (Å²) >= 11 is 0. The van der Waals surface area contributed by atoms with Crippen molar-refractivity contribution in [3.63, 3.8) is 0 Å². The van der Waals surface area contributed by atoms with Crippen molar-refractivity contribution in [2.75, 3.05) is 26.2 Å². The van der Waals surface area contributed by atoms with E-state index in [9.17, 15) is 9.59 Å². The second-order valence-electron chi connectivity index (χ2n) is 14.6. The lowest BCUT2D eigenvalue weighted by molar-refractivity contribution is -0.131. The van der Waals surface area contributed by atoms with Gasteiger partial charge in [0.1, 0.15) is 0 Å². The minimum Gasteiger partial charge on any atom is -0.356 e. The normalized spacial score (nSPS) is 11.3. The van der Waals surface area contributed by atoms with Crippen LogP contribution < -0.4 is 11.1 Å². The highest BCUT2D eigenvalue weighted by Gasteiger charge is 2.12. The molecule has 0 saturated carbocycles. The van der Waals surface area contributed by atoms with Crippen LogP contribution >= 0.6 is 0 Å². The third kappa shape index (κ3) is 36.0. The average molecular weight is 664 g/mol. The van der Waals surface area contributed by atoms with Gasteiger partial charge in [-0.25, -0.2) is 0 Å². The monoisotopic (exact) mass is 664 g/mol. The summed E-state index contributed by atoms with van der Waals surface area (Å²) in [6, 6.07) is 0. The van der Waals surface area contributed by atoms with E-state index in [2.05, 4.69) is 19.2 Å². The average Bonchev–Trinajstić information content (AvgIpc) is 3.07. The second-order valence-corrected chi connectivity index (χ2v) is 14.6. The fraction of sp³-hybridized carbons (Fsp3) is 0.952. The van der Waals surface area contributed by atoms with Crippen molar-refractivity contribution < 1.29 is 9.59 Å². The van der Waals surface area contributed by atoms with E-state index in [1.54, 1.807) is 0 Å². The molecule has 0 rings (SSSR count). The van der Waals surface area contributed by atoms with E-state index in [-0.39, 0.29) is 11.8 Å². The summed E-state index contributed by atoms with van der Waals surface area (Å²) in [4.78, 5) is 27.1. The minimum atomic E-state index is 0.164. The molecule has 0 aliphatic carbocycles. The van der Waals surface area contributed by atoms with Crippen LogP contribution in [0.1, 0.15) is 232 Å². The highest BCUT2D eigenvalue weighted by molar-refractivity contribution is 5.76. The van der Waals surface area contributed by atoms with Crippen LogP contribution in [-0.2, 0) is 9.59 Å². The molecule has 0 atom stereocenters. The van der Waals surface area contributed by atoms with Gasteiger partial charge >= 0.3 is 0 Å². The summed E-state index contributed by atoms with van der Waals surface area (Å²) in [6.07, 6.45) is 43.1. The first-order chi connectivity index (χ1) is 23.2. The Balaban J connectivity index is 3.66. The van der Waals surface area contributed by atoms with E-state index in [0.29, 0.717) is 25.9 Å². The topological polar surface area (TPSA) is 75.4 Å². The van der Waals surface area contributed by atoms with E-state index in [4.69, 9.17) is 5.73 Å². The number of unbranched alkanes of at least 4 members (excludes halogenated alkanes) is 28. The van der Waals surface area contributed by atoms with Gasteiger partial charge in [-0.05, 0) is 32.2 Å². The van der Waals surface area contributed by atoms with Crippen molar-refractivity contribution in [3.05, 3.63) is 0 Å². The molecule has 2 amide bonds. The Morgan fingerprint density at radius 2 is 0.745 bits per heavy atom. The molecule has 0 aliphatic rings. The Bertz CT molecular complexity index is 641. The number of nitrogens with zero attached hydrogens (tertiary/aromatic N) is 1. The Hall–Kier alpha value is -1.10. The summed E-state index contributed by atoms with van der Waals surface area (Å²) in [7, 11) is 0. The molecular formula is C42H85N3O2. The van der Waals surface area contributed by atoms with Crippen LogP contribution in [0.5, 0.6) is 0 Å². The summed E-state index contributed by atoms with van der Waals surface area (Å²) in [5.41, 5.74) is 5.74. The van der Waals surface area contributed by atoms with Crippen LogP contribution in [0, 0.1) is 0 Å². The SMILES string of the molecule is CCCCCCCCCCCCCCCCCC(=O)NCCCN(CCCN)C(=O)CCCCCCCCCCCCCCCCC. The number of amides is 2. The molecule has 47 heavy (non-hydrogen) atoms. The summed E-state index contributed by atoms with van der Waals surface area (Å²) in [6.45, 7) is 7.29. The maximum atomic E-state index is 12.9. The van der Waals surface area contributed by atoms with Gasteiger partial charge in [0, 0.05) is 32.5 Å². The first-order valence-electron chi connectivity index (χ1n) is 21.4. The Morgan fingerprint density at radius 1 is 0.426 bits per heavy atom. The Morgan fingerprint density at radius 3 is 1.11 bits per heavy atom. The Kier molecular flexibility index (Phi) is 38.4. The third-order valence-corrected chi connectivity index (χ3v) is 9.91. The highest BCUT2D eigenvalue weighted by Crippen LogP contribution is 2.15. The number of hydrogen-bond acceptors (Lipinski definition) is 3. The zero-order valence-corrected chi connectivity index (χ0v) is 32.2. The summed E-state index contributed by atoms with van der Waals surface area (Å²) in [5.74, 6) is 0.426. The molecule has 0 unspecified atom stereocenters. The van der Waals surface area contributed by atoms with Crippen molar-refractivity contribution in [1.82, 2.24) is 10.2 Å². The van der Waals surface area contributed by atoms with E-state index >= 15 is 0 Å². The predicted molar refractivity (Wildman–Crippen MR) is 207 cm³/mol. The molecule has 5 nitrogen and oxygen atoms in total. The lowest BCUT2D eigenvalue weighted by Gasteiger charge is -2.23.